The van der Waals surface area contributed by atoms with Crippen LogP contribution in [0.25, 0.3) is 6.08 Å². The van der Waals surface area contributed by atoms with Crippen molar-refractivity contribution in [2.45, 2.75) is 0 Å². The van der Waals surface area contributed by atoms with Gasteiger partial charge < -0.3 is 5.32 Å². The van der Waals surface area contributed by atoms with Crippen LogP contribution in [-0.2, 0) is 4.79 Å². The number of aromatic nitrogens is 1. The highest BCUT2D eigenvalue weighted by atomic mass is 35.5. The third-order valence-corrected chi connectivity index (χ3v) is 2.46. The maximum absolute atomic E-state index is 11.6. The number of anilines is 1. The lowest BCUT2D eigenvalue weighted by atomic mass is 10.3. The Morgan fingerprint density at radius 3 is 2.61 bits per heavy atom. The molecule has 0 unspecified atom stereocenters. The zero-order valence-corrected chi connectivity index (χ0v) is 10.3. The highest BCUT2D eigenvalue weighted by Crippen LogP contribution is 2.13. The number of nitrogens with zero attached hydrogens (tertiary/aromatic N) is 1. The molecule has 0 aliphatic heterocycles. The van der Waals surface area contributed by atoms with Gasteiger partial charge in [-0.05, 0) is 42.5 Å². The fraction of sp³-hybridized carbons (Fsp3) is 0. The molecule has 4 heteroatoms. The minimum Gasteiger partial charge on any atom is -0.323 e. The van der Waals surface area contributed by atoms with Gasteiger partial charge in [-0.25, -0.2) is 0 Å². The molecule has 2 aromatic rings. The quantitative estimate of drug-likeness (QED) is 0.858. The normalized spacial score (nSPS) is 10.5. The third kappa shape index (κ3) is 3.71. The minimum atomic E-state index is -0.206. The van der Waals surface area contributed by atoms with Gasteiger partial charge in [-0.3, -0.25) is 9.78 Å². The van der Waals surface area contributed by atoms with E-state index in [2.05, 4.69) is 10.3 Å². The lowest BCUT2D eigenvalue weighted by molar-refractivity contribution is -0.111. The van der Waals surface area contributed by atoms with Crippen molar-refractivity contribution in [3.63, 3.8) is 0 Å². The highest BCUT2D eigenvalue weighted by Gasteiger charge is 1.97. The number of carbonyl (C=O) groups is 1. The second kappa shape index (κ2) is 5.98. The summed E-state index contributed by atoms with van der Waals surface area (Å²) >= 11 is 5.75. The fourth-order valence-corrected chi connectivity index (χ4v) is 1.48. The molecule has 0 radical (unpaired) electrons. The van der Waals surface area contributed by atoms with Gasteiger partial charge in [0, 0.05) is 23.0 Å². The van der Waals surface area contributed by atoms with Gasteiger partial charge in [-0.2, -0.15) is 0 Å². The first-order valence-electron chi connectivity index (χ1n) is 5.40. The number of rotatable bonds is 3. The van der Waals surface area contributed by atoms with Crippen molar-refractivity contribution in [2.75, 3.05) is 5.32 Å². The van der Waals surface area contributed by atoms with Crippen LogP contribution in [0.3, 0.4) is 0 Å². The summed E-state index contributed by atoms with van der Waals surface area (Å²) < 4.78 is 0. The van der Waals surface area contributed by atoms with Crippen molar-refractivity contribution >= 4 is 29.3 Å². The molecule has 0 saturated carbocycles. The number of nitrogens with one attached hydrogen (secondary N) is 1. The summed E-state index contributed by atoms with van der Waals surface area (Å²) in [5.74, 6) is -0.206. The molecule has 0 spiro atoms. The van der Waals surface area contributed by atoms with Crippen LogP contribution in [0.2, 0.25) is 5.02 Å². The molecule has 2 rings (SSSR count). The van der Waals surface area contributed by atoms with Gasteiger partial charge in [0.2, 0.25) is 5.91 Å². The Morgan fingerprint density at radius 1 is 1.17 bits per heavy atom. The number of pyridine rings is 1. The van der Waals surface area contributed by atoms with E-state index in [1.807, 2.05) is 18.2 Å². The van der Waals surface area contributed by atoms with Crippen molar-refractivity contribution < 1.29 is 4.79 Å². The first-order chi connectivity index (χ1) is 8.74. The van der Waals surface area contributed by atoms with Crippen LogP contribution >= 0.6 is 11.6 Å². The van der Waals surface area contributed by atoms with Crippen LogP contribution in [0, 0.1) is 0 Å². The van der Waals surface area contributed by atoms with Crippen molar-refractivity contribution in [1.29, 1.82) is 0 Å². The molecule has 0 bridgehead atoms. The number of hydrogen-bond donors (Lipinski definition) is 1. The summed E-state index contributed by atoms with van der Waals surface area (Å²) in [5.41, 5.74) is 1.44. The summed E-state index contributed by atoms with van der Waals surface area (Å²) in [6.45, 7) is 0. The molecule has 90 valence electrons. The van der Waals surface area contributed by atoms with Crippen LogP contribution in [0.5, 0.6) is 0 Å². The number of hydrogen-bond acceptors (Lipinski definition) is 2. The maximum Gasteiger partial charge on any atom is 0.248 e. The van der Waals surface area contributed by atoms with E-state index in [-0.39, 0.29) is 5.91 Å². The SMILES string of the molecule is O=C(/C=C/c1ccccn1)Nc1ccc(Cl)cc1. The Morgan fingerprint density at radius 2 is 1.94 bits per heavy atom. The monoisotopic (exact) mass is 258 g/mol. The van der Waals surface area contributed by atoms with Gasteiger partial charge in [-0.15, -0.1) is 0 Å². The largest absolute Gasteiger partial charge is 0.323 e. The topological polar surface area (TPSA) is 42.0 Å². The third-order valence-electron chi connectivity index (χ3n) is 2.20. The average molecular weight is 259 g/mol. The molecular weight excluding hydrogens is 248 g/mol. The summed E-state index contributed by atoms with van der Waals surface area (Å²) in [5, 5.41) is 3.36. The summed E-state index contributed by atoms with van der Waals surface area (Å²) in [6, 6.07) is 12.4. The molecule has 0 saturated heterocycles. The second-order valence-corrected chi connectivity index (χ2v) is 4.02. The van der Waals surface area contributed by atoms with E-state index < -0.39 is 0 Å². The van der Waals surface area contributed by atoms with Gasteiger partial charge in [0.1, 0.15) is 0 Å². The van der Waals surface area contributed by atoms with E-state index >= 15 is 0 Å². The molecule has 1 N–H and O–H groups in total. The van der Waals surface area contributed by atoms with Crippen molar-refractivity contribution in [1.82, 2.24) is 4.98 Å². The van der Waals surface area contributed by atoms with E-state index in [4.69, 9.17) is 11.6 Å². The van der Waals surface area contributed by atoms with Crippen molar-refractivity contribution in [3.8, 4) is 0 Å². The zero-order valence-electron chi connectivity index (χ0n) is 9.51. The summed E-state index contributed by atoms with van der Waals surface area (Å²) in [7, 11) is 0. The first-order valence-corrected chi connectivity index (χ1v) is 5.77. The van der Waals surface area contributed by atoms with E-state index in [1.54, 1.807) is 36.5 Å². The second-order valence-electron chi connectivity index (χ2n) is 3.58. The van der Waals surface area contributed by atoms with E-state index in [0.29, 0.717) is 10.7 Å². The molecular formula is C14H11ClN2O. The fourth-order valence-electron chi connectivity index (χ4n) is 1.35. The molecule has 1 heterocycles. The Labute approximate surface area is 110 Å². The van der Waals surface area contributed by atoms with Crippen LogP contribution < -0.4 is 5.32 Å². The molecule has 0 atom stereocenters. The van der Waals surface area contributed by atoms with E-state index in [9.17, 15) is 4.79 Å². The van der Waals surface area contributed by atoms with Gasteiger partial charge in [0.25, 0.3) is 0 Å². The number of amides is 1. The molecule has 0 fully saturated rings. The van der Waals surface area contributed by atoms with Crippen LogP contribution in [0.4, 0.5) is 5.69 Å². The smallest absolute Gasteiger partial charge is 0.248 e. The zero-order chi connectivity index (χ0) is 12.8. The molecule has 1 aromatic heterocycles. The molecule has 0 aliphatic carbocycles. The average Bonchev–Trinajstić information content (AvgIpc) is 2.40. The Balaban J connectivity index is 1.97. The predicted molar refractivity (Wildman–Crippen MR) is 73.4 cm³/mol. The highest BCUT2D eigenvalue weighted by molar-refractivity contribution is 6.30. The lowest BCUT2D eigenvalue weighted by Gasteiger charge is -2.01. The molecule has 1 amide bonds. The van der Waals surface area contributed by atoms with Crippen molar-refractivity contribution in [2.24, 2.45) is 0 Å². The van der Waals surface area contributed by atoms with E-state index in [1.165, 1.54) is 6.08 Å². The van der Waals surface area contributed by atoms with Gasteiger partial charge in [-0.1, -0.05) is 17.7 Å². The molecule has 18 heavy (non-hydrogen) atoms. The van der Waals surface area contributed by atoms with E-state index in [0.717, 1.165) is 5.69 Å². The number of halogens is 1. The number of benzene rings is 1. The first kappa shape index (κ1) is 12.3. The van der Waals surface area contributed by atoms with Crippen molar-refractivity contribution in [3.05, 3.63) is 65.5 Å². The standard InChI is InChI=1S/C14H11ClN2O/c15-11-4-6-13(7-5-11)17-14(18)9-8-12-3-1-2-10-16-12/h1-10H,(H,17,18)/b9-8+. The maximum atomic E-state index is 11.6. The van der Waals surface area contributed by atoms with Gasteiger partial charge in [0.05, 0.1) is 5.69 Å². The van der Waals surface area contributed by atoms with Crippen LogP contribution in [0.15, 0.2) is 54.7 Å². The predicted octanol–water partition coefficient (Wildman–Crippen LogP) is 3.39. The molecule has 3 nitrogen and oxygen atoms in total. The van der Waals surface area contributed by atoms with Gasteiger partial charge in [0.15, 0.2) is 0 Å². The van der Waals surface area contributed by atoms with Crippen LogP contribution in [-0.4, -0.2) is 10.9 Å². The lowest BCUT2D eigenvalue weighted by Crippen LogP contribution is -2.07. The molecule has 0 aliphatic rings. The van der Waals surface area contributed by atoms with Gasteiger partial charge >= 0.3 is 0 Å². The summed E-state index contributed by atoms with van der Waals surface area (Å²) in [6.07, 6.45) is 4.78. The minimum absolute atomic E-state index is 0.206. The summed E-state index contributed by atoms with van der Waals surface area (Å²) in [4.78, 5) is 15.7. The Bertz CT molecular complexity index is 550. The Hall–Kier alpha value is -2.13. The number of carbonyl (C=O) groups excluding carboxylic acids is 1. The molecule has 1 aromatic carbocycles. The Kier molecular flexibility index (Phi) is 4.10. The van der Waals surface area contributed by atoms with Crippen LogP contribution in [0.1, 0.15) is 5.69 Å².